The standard InChI is InChI=1S/C49H57FN10O4.C14H13FN2O/c1-27(2)45(48(61)59-17-5-6-28(59)3)60-25-41(56-57-60)32-9-7-30(8-10-32)26-63-46-43(42-29(4)39(50)21-40-38(42)22-51-55-40)36(31-11-12-31)20-37-44(46)53-49(64-35-15-18-62-19-16-35)54-47(37)58-23-33-13-14-34(24-58)52-33;1-10(17-9-18)11-4-6-12(7-5-11)14-13(15)3-2-8-16-14/h7-10,20-22,25,27-28,31,33-35,45,52H,5-6,11-19,23-24,26H2,1-4H3,(H,51,55);2-10H,1H3,(H,17,18). The number of ether oxygens (including phenoxy) is 3. The number of amides is 2. The highest BCUT2D eigenvalue weighted by molar-refractivity contribution is 6.06. The van der Waals surface area contributed by atoms with Crippen LogP contribution in [0.1, 0.15) is 119 Å². The number of carbonyl (C=O) groups excluding carboxylic acids is 2. The van der Waals surface area contributed by atoms with E-state index in [0.29, 0.717) is 71.5 Å². The normalized spacial score (nSPS) is 19.8. The summed E-state index contributed by atoms with van der Waals surface area (Å²) in [6, 6.07) is 22.9. The van der Waals surface area contributed by atoms with Crippen LogP contribution in [0.15, 0.2) is 91.4 Å². The van der Waals surface area contributed by atoms with E-state index in [1.54, 1.807) is 35.3 Å². The molecule has 8 heterocycles. The van der Waals surface area contributed by atoms with E-state index in [-0.39, 0.29) is 54.2 Å². The lowest BCUT2D eigenvalue weighted by Gasteiger charge is -2.35. The van der Waals surface area contributed by atoms with E-state index < -0.39 is 6.04 Å². The summed E-state index contributed by atoms with van der Waals surface area (Å²) < 4.78 is 50.7. The summed E-state index contributed by atoms with van der Waals surface area (Å²) in [5.74, 6) is 1.19. The fourth-order valence-corrected chi connectivity index (χ4v) is 12.4. The highest BCUT2D eigenvalue weighted by Crippen LogP contribution is 2.53. The van der Waals surface area contributed by atoms with Crippen LogP contribution in [0.25, 0.3) is 55.4 Å². The molecule has 426 valence electrons. The van der Waals surface area contributed by atoms with Crippen LogP contribution in [0.2, 0.25) is 0 Å². The van der Waals surface area contributed by atoms with Gasteiger partial charge in [-0.25, -0.2) is 13.5 Å². The van der Waals surface area contributed by atoms with Crippen molar-refractivity contribution in [3.63, 3.8) is 0 Å². The van der Waals surface area contributed by atoms with Gasteiger partial charge in [0.15, 0.2) is 5.75 Å². The third kappa shape index (κ3) is 11.2. The van der Waals surface area contributed by atoms with Crippen LogP contribution < -0.4 is 25.0 Å². The highest BCUT2D eigenvalue weighted by atomic mass is 19.1. The number of hydrogen-bond acceptors (Lipinski definition) is 13. The number of rotatable bonds is 16. The van der Waals surface area contributed by atoms with Gasteiger partial charge in [0.2, 0.25) is 12.3 Å². The molecule has 0 radical (unpaired) electrons. The summed E-state index contributed by atoms with van der Waals surface area (Å²) in [5.41, 5.74) is 9.02. The van der Waals surface area contributed by atoms with E-state index in [4.69, 9.17) is 24.2 Å². The molecule has 4 aromatic heterocycles. The zero-order valence-electron chi connectivity index (χ0n) is 47.1. The van der Waals surface area contributed by atoms with Crippen LogP contribution in [-0.2, 0) is 20.9 Å². The van der Waals surface area contributed by atoms with Crippen LogP contribution in [-0.4, -0.2) is 114 Å². The molecular formula is C63H70F2N12O5. The molecule has 5 fully saturated rings. The molecule has 4 aromatic carbocycles. The lowest BCUT2D eigenvalue weighted by Crippen LogP contribution is -2.51. The van der Waals surface area contributed by atoms with Gasteiger partial charge in [-0.05, 0) is 118 Å². The zero-order valence-corrected chi connectivity index (χ0v) is 47.1. The maximum atomic E-state index is 16.0. The Labute approximate surface area is 475 Å². The molecule has 1 saturated carbocycles. The summed E-state index contributed by atoms with van der Waals surface area (Å²) >= 11 is 0. The zero-order chi connectivity index (χ0) is 56.6. The van der Waals surface area contributed by atoms with E-state index in [2.05, 4.69) is 67.9 Å². The molecule has 4 aliphatic heterocycles. The van der Waals surface area contributed by atoms with Crippen molar-refractivity contribution in [2.24, 2.45) is 5.92 Å². The predicted octanol–water partition coefficient (Wildman–Crippen LogP) is 10.7. The number of likely N-dealkylation sites (tertiary alicyclic amines) is 1. The smallest absolute Gasteiger partial charge is 0.319 e. The van der Waals surface area contributed by atoms with E-state index in [1.807, 2.05) is 61.3 Å². The second-order valence-corrected chi connectivity index (χ2v) is 23.1. The summed E-state index contributed by atoms with van der Waals surface area (Å²) in [5, 5.41) is 24.6. The van der Waals surface area contributed by atoms with Crippen LogP contribution in [0.4, 0.5) is 14.6 Å². The van der Waals surface area contributed by atoms with Crippen molar-refractivity contribution in [2.45, 2.75) is 135 Å². The minimum absolute atomic E-state index is 0.0485. The van der Waals surface area contributed by atoms with Gasteiger partial charge in [-0.1, -0.05) is 67.6 Å². The number of nitrogens with zero attached hydrogens (tertiary/aromatic N) is 9. The van der Waals surface area contributed by atoms with E-state index in [1.165, 1.54) is 12.1 Å². The summed E-state index contributed by atoms with van der Waals surface area (Å²) in [6.45, 7) is 13.9. The SMILES string of the molecule is CC(NC=O)c1ccc(-c2ncccc2F)cc1.Cc1c(F)cc2[nH]ncc2c1-c1c(C2CC2)cc2c(N3CC4CCC(C3)N4)nc(OC3CCOCC3)nc2c1OCc1ccc(-c2cn(C(C(=O)N3CCCC3C)C(C)C)nn2)cc1. The summed E-state index contributed by atoms with van der Waals surface area (Å²) in [6.07, 6.45) is 13.7. The number of piperazine rings is 1. The Bertz CT molecular complexity index is 3590. The Balaban J connectivity index is 0.000000315. The van der Waals surface area contributed by atoms with Crippen LogP contribution in [0.3, 0.4) is 0 Å². The fourth-order valence-electron chi connectivity index (χ4n) is 12.4. The third-order valence-electron chi connectivity index (χ3n) is 17.0. The van der Waals surface area contributed by atoms with E-state index in [0.717, 1.165) is 127 Å². The predicted molar refractivity (Wildman–Crippen MR) is 309 cm³/mol. The second-order valence-electron chi connectivity index (χ2n) is 23.1. The van der Waals surface area contributed by atoms with Crippen LogP contribution >= 0.6 is 0 Å². The number of benzene rings is 4. The number of carbonyl (C=O) groups is 2. The molecule has 13 rings (SSSR count). The van der Waals surface area contributed by atoms with Gasteiger partial charge in [-0.3, -0.25) is 19.7 Å². The van der Waals surface area contributed by atoms with Crippen molar-refractivity contribution < 1.29 is 32.6 Å². The van der Waals surface area contributed by atoms with Gasteiger partial charge in [-0.15, -0.1) is 5.10 Å². The number of pyridine rings is 1. The maximum Gasteiger partial charge on any atom is 0.319 e. The first-order valence-electron chi connectivity index (χ1n) is 29.0. The molecule has 4 saturated heterocycles. The maximum absolute atomic E-state index is 16.0. The van der Waals surface area contributed by atoms with Crippen molar-refractivity contribution in [1.82, 2.24) is 55.7 Å². The Morgan fingerprint density at radius 3 is 2.34 bits per heavy atom. The number of H-pyrrole nitrogens is 1. The molecule has 5 unspecified atom stereocenters. The molecule has 8 aromatic rings. The minimum atomic E-state index is -0.427. The van der Waals surface area contributed by atoms with Crippen molar-refractivity contribution in [3.05, 3.63) is 125 Å². The first-order chi connectivity index (χ1) is 39.9. The topological polar surface area (TPSA) is 190 Å². The molecule has 2 bridgehead atoms. The van der Waals surface area contributed by atoms with Gasteiger partial charge in [0.25, 0.3) is 0 Å². The molecule has 82 heavy (non-hydrogen) atoms. The minimum Gasteiger partial charge on any atom is -0.486 e. The van der Waals surface area contributed by atoms with Gasteiger partial charge in [-0.2, -0.15) is 15.1 Å². The van der Waals surface area contributed by atoms with Crippen molar-refractivity contribution in [2.75, 3.05) is 37.7 Å². The number of aromatic nitrogens is 8. The molecule has 5 aliphatic rings. The second kappa shape index (κ2) is 23.5. The number of nitrogens with one attached hydrogen (secondary N) is 3. The Morgan fingerprint density at radius 1 is 0.890 bits per heavy atom. The summed E-state index contributed by atoms with van der Waals surface area (Å²) in [7, 11) is 0. The third-order valence-corrected chi connectivity index (χ3v) is 17.0. The molecule has 2 amide bonds. The molecule has 17 nitrogen and oxygen atoms in total. The first kappa shape index (κ1) is 54.7. The lowest BCUT2D eigenvalue weighted by atomic mass is 9.88. The van der Waals surface area contributed by atoms with E-state index >= 15 is 4.39 Å². The largest absolute Gasteiger partial charge is 0.486 e. The molecule has 19 heteroatoms. The van der Waals surface area contributed by atoms with Crippen LogP contribution in [0.5, 0.6) is 11.8 Å². The van der Waals surface area contributed by atoms with E-state index in [9.17, 15) is 14.0 Å². The lowest BCUT2D eigenvalue weighted by molar-refractivity contribution is -0.137. The quantitative estimate of drug-likeness (QED) is 0.0776. The van der Waals surface area contributed by atoms with Gasteiger partial charge in [0, 0.05) is 89.8 Å². The molecule has 3 N–H and O–H groups in total. The molecule has 5 atom stereocenters. The van der Waals surface area contributed by atoms with Crippen molar-refractivity contribution in [1.29, 1.82) is 0 Å². The highest BCUT2D eigenvalue weighted by Gasteiger charge is 2.38. The number of aromatic amines is 1. The Kier molecular flexibility index (Phi) is 15.7. The fraction of sp³-hybridized carbons (Fsp3) is 0.429. The van der Waals surface area contributed by atoms with Crippen molar-refractivity contribution >= 4 is 39.9 Å². The number of anilines is 1. The Hall–Kier alpha value is -7.90. The molecular weight excluding hydrogens is 1040 g/mol. The van der Waals surface area contributed by atoms with Gasteiger partial charge >= 0.3 is 6.01 Å². The van der Waals surface area contributed by atoms with Gasteiger partial charge in [0.1, 0.15) is 53.1 Å². The van der Waals surface area contributed by atoms with Crippen LogP contribution in [0, 0.1) is 24.5 Å². The average Bonchev–Trinajstić information content (AvgIpc) is 2.27. The number of fused-ring (bicyclic) bond motifs is 4. The number of hydrogen-bond donors (Lipinski definition) is 3. The van der Waals surface area contributed by atoms with Gasteiger partial charge in [0.05, 0.1) is 37.2 Å². The average molecular weight is 1110 g/mol. The van der Waals surface area contributed by atoms with Crippen molar-refractivity contribution in [3.8, 4) is 45.4 Å². The Morgan fingerprint density at radius 2 is 1.65 bits per heavy atom. The summed E-state index contributed by atoms with van der Waals surface area (Å²) in [4.78, 5) is 43.0. The van der Waals surface area contributed by atoms with Gasteiger partial charge < -0.3 is 34.6 Å². The molecule has 0 spiro atoms. The number of halogens is 2. The monoisotopic (exact) mass is 1110 g/mol. The first-order valence-corrected chi connectivity index (χ1v) is 29.0. The molecule has 1 aliphatic carbocycles.